The molecule has 2 aromatic rings. The fourth-order valence-electron chi connectivity index (χ4n) is 5.38. The van der Waals surface area contributed by atoms with Crippen LogP contribution in [0.4, 0.5) is 5.69 Å². The predicted octanol–water partition coefficient (Wildman–Crippen LogP) is 5.64. The minimum atomic E-state index is -0.395. The fourth-order valence-corrected chi connectivity index (χ4v) is 5.38. The maximum Gasteiger partial charge on any atom is 0.157 e. The zero-order valence-corrected chi connectivity index (χ0v) is 17.6. The SMILES string of the molecule is CCC(=O)C1(Nc2ccccc2)CCN(C2CCC(c3ccccc3)CC2)CC1. The number of nitrogens with zero attached hydrogens (tertiary/aromatic N) is 1. The average molecular weight is 391 g/mol. The second-order valence-electron chi connectivity index (χ2n) is 8.80. The summed E-state index contributed by atoms with van der Waals surface area (Å²) in [6.45, 7) is 4.03. The number of carbonyl (C=O) groups excluding carboxylic acids is 1. The van der Waals surface area contributed by atoms with E-state index in [1.54, 1.807) is 0 Å². The van der Waals surface area contributed by atoms with Crippen LogP contribution in [-0.4, -0.2) is 35.4 Å². The van der Waals surface area contributed by atoms with Crippen molar-refractivity contribution in [2.75, 3.05) is 18.4 Å². The summed E-state index contributed by atoms with van der Waals surface area (Å²) in [5.74, 6) is 1.08. The van der Waals surface area contributed by atoms with Gasteiger partial charge in [-0.15, -0.1) is 0 Å². The molecule has 0 bridgehead atoms. The van der Waals surface area contributed by atoms with Crippen molar-refractivity contribution < 1.29 is 4.79 Å². The number of nitrogens with one attached hydrogen (secondary N) is 1. The van der Waals surface area contributed by atoms with Crippen molar-refractivity contribution in [2.24, 2.45) is 0 Å². The van der Waals surface area contributed by atoms with Crippen LogP contribution in [0.1, 0.15) is 63.4 Å². The summed E-state index contributed by atoms with van der Waals surface area (Å²) in [4.78, 5) is 15.6. The number of para-hydroxylation sites is 1. The molecule has 2 fully saturated rings. The molecular formula is C26H34N2O. The topological polar surface area (TPSA) is 32.3 Å². The Morgan fingerprint density at radius 1 is 0.931 bits per heavy atom. The number of benzene rings is 2. The van der Waals surface area contributed by atoms with Crippen LogP contribution >= 0.6 is 0 Å². The monoisotopic (exact) mass is 390 g/mol. The first kappa shape index (κ1) is 20.2. The van der Waals surface area contributed by atoms with Gasteiger partial charge >= 0.3 is 0 Å². The smallest absolute Gasteiger partial charge is 0.157 e. The molecule has 0 atom stereocenters. The lowest BCUT2D eigenvalue weighted by Crippen LogP contribution is -2.56. The normalized spacial score (nSPS) is 24.7. The molecule has 1 N–H and O–H groups in total. The van der Waals surface area contributed by atoms with E-state index in [4.69, 9.17) is 0 Å². The van der Waals surface area contributed by atoms with Crippen LogP contribution in [0.25, 0.3) is 0 Å². The van der Waals surface area contributed by atoms with Gasteiger partial charge in [-0.3, -0.25) is 4.79 Å². The van der Waals surface area contributed by atoms with Crippen LogP contribution < -0.4 is 5.32 Å². The van der Waals surface area contributed by atoms with Gasteiger partial charge in [0.1, 0.15) is 0 Å². The van der Waals surface area contributed by atoms with E-state index in [9.17, 15) is 4.79 Å². The van der Waals surface area contributed by atoms with E-state index in [-0.39, 0.29) is 0 Å². The van der Waals surface area contributed by atoms with Crippen LogP contribution in [0.2, 0.25) is 0 Å². The molecule has 3 nitrogen and oxygen atoms in total. The third-order valence-electron chi connectivity index (χ3n) is 7.15. The lowest BCUT2D eigenvalue weighted by Gasteiger charge is -2.46. The number of Topliss-reactive ketones (excluding diaryl/α,β-unsaturated/α-hetero) is 1. The Hall–Kier alpha value is -2.13. The Kier molecular flexibility index (Phi) is 6.34. The molecular weight excluding hydrogens is 356 g/mol. The molecule has 2 aromatic carbocycles. The van der Waals surface area contributed by atoms with Crippen LogP contribution in [0.15, 0.2) is 60.7 Å². The molecule has 0 radical (unpaired) electrons. The molecule has 0 unspecified atom stereocenters. The highest BCUT2D eigenvalue weighted by Crippen LogP contribution is 2.37. The third kappa shape index (κ3) is 4.56. The van der Waals surface area contributed by atoms with Gasteiger partial charge in [0.15, 0.2) is 5.78 Å². The Morgan fingerprint density at radius 3 is 2.10 bits per heavy atom. The highest BCUT2D eigenvalue weighted by atomic mass is 16.1. The number of hydrogen-bond donors (Lipinski definition) is 1. The van der Waals surface area contributed by atoms with Crippen molar-refractivity contribution in [3.05, 3.63) is 66.2 Å². The van der Waals surface area contributed by atoms with Gasteiger partial charge in [-0.1, -0.05) is 55.5 Å². The number of anilines is 1. The van der Waals surface area contributed by atoms with E-state index in [1.807, 2.05) is 25.1 Å². The highest BCUT2D eigenvalue weighted by molar-refractivity contribution is 5.91. The molecule has 1 aliphatic heterocycles. The molecule has 29 heavy (non-hydrogen) atoms. The molecule has 0 aromatic heterocycles. The summed E-state index contributed by atoms with van der Waals surface area (Å²) in [5, 5.41) is 3.62. The van der Waals surface area contributed by atoms with Crippen molar-refractivity contribution in [3.8, 4) is 0 Å². The van der Waals surface area contributed by atoms with E-state index < -0.39 is 5.54 Å². The number of ketones is 1. The zero-order chi connectivity index (χ0) is 20.1. The molecule has 1 saturated heterocycles. The van der Waals surface area contributed by atoms with Gasteiger partial charge in [0, 0.05) is 31.2 Å². The quantitative estimate of drug-likeness (QED) is 0.693. The molecule has 1 saturated carbocycles. The minimum absolute atomic E-state index is 0.355. The van der Waals surface area contributed by atoms with Crippen molar-refractivity contribution >= 4 is 11.5 Å². The van der Waals surface area contributed by atoms with Gasteiger partial charge in [-0.05, 0) is 62.1 Å². The van der Waals surface area contributed by atoms with Gasteiger partial charge in [0.2, 0.25) is 0 Å². The van der Waals surface area contributed by atoms with Gasteiger partial charge in [0.05, 0.1) is 5.54 Å². The predicted molar refractivity (Wildman–Crippen MR) is 120 cm³/mol. The molecule has 0 spiro atoms. The number of carbonyl (C=O) groups is 1. The Balaban J connectivity index is 1.36. The first-order valence-corrected chi connectivity index (χ1v) is 11.4. The Labute approximate surface area is 175 Å². The van der Waals surface area contributed by atoms with E-state index >= 15 is 0 Å². The Morgan fingerprint density at radius 2 is 1.52 bits per heavy atom. The van der Waals surface area contributed by atoms with Crippen molar-refractivity contribution in [2.45, 2.75) is 69.4 Å². The molecule has 154 valence electrons. The van der Waals surface area contributed by atoms with Gasteiger partial charge in [0.25, 0.3) is 0 Å². The van der Waals surface area contributed by atoms with Crippen molar-refractivity contribution in [1.82, 2.24) is 4.90 Å². The first-order chi connectivity index (χ1) is 14.2. The lowest BCUT2D eigenvalue weighted by atomic mass is 9.78. The molecule has 1 aliphatic carbocycles. The number of piperidine rings is 1. The summed E-state index contributed by atoms with van der Waals surface area (Å²) < 4.78 is 0. The fraction of sp³-hybridized carbons (Fsp3) is 0.500. The van der Waals surface area contributed by atoms with Crippen molar-refractivity contribution in [1.29, 1.82) is 0 Å². The van der Waals surface area contributed by atoms with Gasteiger partial charge in [-0.2, -0.15) is 0 Å². The molecule has 3 heteroatoms. The minimum Gasteiger partial charge on any atom is -0.373 e. The van der Waals surface area contributed by atoms with E-state index in [0.29, 0.717) is 18.2 Å². The van der Waals surface area contributed by atoms with Crippen LogP contribution in [0.5, 0.6) is 0 Å². The molecule has 0 amide bonds. The maximum absolute atomic E-state index is 12.9. The van der Waals surface area contributed by atoms with Crippen LogP contribution in [-0.2, 0) is 4.79 Å². The molecule has 2 aliphatic rings. The van der Waals surface area contributed by atoms with E-state index in [2.05, 4.69) is 52.7 Å². The summed E-state index contributed by atoms with van der Waals surface area (Å²) in [7, 11) is 0. The second kappa shape index (κ2) is 9.13. The van der Waals surface area contributed by atoms with E-state index in [1.165, 1.54) is 31.2 Å². The zero-order valence-electron chi connectivity index (χ0n) is 17.6. The summed E-state index contributed by atoms with van der Waals surface area (Å²) in [6, 6.07) is 21.9. The van der Waals surface area contributed by atoms with Crippen LogP contribution in [0.3, 0.4) is 0 Å². The lowest BCUT2D eigenvalue weighted by molar-refractivity contribution is -0.124. The highest BCUT2D eigenvalue weighted by Gasteiger charge is 2.41. The summed E-state index contributed by atoms with van der Waals surface area (Å²) in [5.41, 5.74) is 2.17. The number of rotatable bonds is 6. The van der Waals surface area contributed by atoms with E-state index in [0.717, 1.165) is 37.5 Å². The number of hydrogen-bond acceptors (Lipinski definition) is 3. The standard InChI is InChI=1S/C26H34N2O/c1-2-25(29)26(27-23-11-7-4-8-12-23)17-19-28(20-18-26)24-15-13-22(14-16-24)21-9-5-3-6-10-21/h3-12,22,24,27H,2,13-20H2,1H3. The summed E-state index contributed by atoms with van der Waals surface area (Å²) in [6.07, 6.45) is 7.54. The largest absolute Gasteiger partial charge is 0.373 e. The van der Waals surface area contributed by atoms with Crippen LogP contribution in [0, 0.1) is 0 Å². The first-order valence-electron chi connectivity index (χ1n) is 11.4. The molecule has 1 heterocycles. The van der Waals surface area contributed by atoms with Gasteiger partial charge in [-0.25, -0.2) is 0 Å². The molecule has 4 rings (SSSR count). The third-order valence-corrected chi connectivity index (χ3v) is 7.15. The Bertz CT molecular complexity index is 773. The van der Waals surface area contributed by atoms with Crippen molar-refractivity contribution in [3.63, 3.8) is 0 Å². The maximum atomic E-state index is 12.9. The second-order valence-corrected chi connectivity index (χ2v) is 8.80. The van der Waals surface area contributed by atoms with Gasteiger partial charge < -0.3 is 10.2 Å². The average Bonchev–Trinajstić information content (AvgIpc) is 2.80. The summed E-state index contributed by atoms with van der Waals surface area (Å²) >= 11 is 0. The number of likely N-dealkylation sites (tertiary alicyclic amines) is 1.